The minimum atomic E-state index is -0.423. The molecule has 0 aliphatic carbocycles. The highest BCUT2D eigenvalue weighted by Crippen LogP contribution is 2.23. The fourth-order valence-electron chi connectivity index (χ4n) is 1.80. The van der Waals surface area contributed by atoms with Crippen molar-refractivity contribution in [2.75, 3.05) is 18.1 Å². The molecule has 0 saturated carbocycles. The monoisotopic (exact) mass is 284 g/mol. The number of urea groups is 1. The fourth-order valence-corrected chi connectivity index (χ4v) is 2.85. The Labute approximate surface area is 118 Å². The van der Waals surface area contributed by atoms with Gasteiger partial charge in [-0.1, -0.05) is 32.9 Å². The molecule has 0 spiro atoms. The topological polar surface area (TPSA) is 32.3 Å². The lowest BCUT2D eigenvalue weighted by molar-refractivity contribution is 0.210. The molecule has 0 aliphatic rings. The van der Waals surface area contributed by atoms with Gasteiger partial charge in [0.2, 0.25) is 0 Å². The summed E-state index contributed by atoms with van der Waals surface area (Å²) in [7, 11) is 1.74. The molecule has 0 radical (unpaired) electrons. The van der Waals surface area contributed by atoms with Gasteiger partial charge in [0.15, 0.2) is 0 Å². The molecule has 0 aliphatic heterocycles. The first-order chi connectivity index (χ1) is 8.97. The van der Waals surface area contributed by atoms with E-state index in [-0.39, 0.29) is 17.1 Å². The molecule has 0 fully saturated rings. The zero-order chi connectivity index (χ0) is 14.4. The van der Waals surface area contributed by atoms with Crippen molar-refractivity contribution >= 4 is 23.5 Å². The van der Waals surface area contributed by atoms with Gasteiger partial charge in [-0.05, 0) is 23.8 Å². The van der Waals surface area contributed by atoms with Crippen LogP contribution >= 0.6 is 11.8 Å². The molecular formula is C14H21FN2OS. The van der Waals surface area contributed by atoms with Crippen LogP contribution in [0.4, 0.5) is 14.9 Å². The van der Waals surface area contributed by atoms with Gasteiger partial charge in [0.05, 0.1) is 11.1 Å². The van der Waals surface area contributed by atoms with Gasteiger partial charge in [-0.2, -0.15) is 0 Å². The maximum Gasteiger partial charge on any atom is 0.322 e. The van der Waals surface area contributed by atoms with Gasteiger partial charge < -0.3 is 10.2 Å². The van der Waals surface area contributed by atoms with Crippen molar-refractivity contribution in [1.29, 1.82) is 0 Å². The summed E-state index contributed by atoms with van der Waals surface area (Å²) in [6, 6.07) is 5.89. The van der Waals surface area contributed by atoms with Crippen molar-refractivity contribution in [2.45, 2.75) is 26.1 Å². The second-order valence-corrected chi connectivity index (χ2v) is 6.00. The second-order valence-electron chi connectivity index (χ2n) is 4.61. The number of halogens is 1. The summed E-state index contributed by atoms with van der Waals surface area (Å²) >= 11 is 1.71. The number of rotatable bonds is 5. The number of carbonyl (C=O) groups is 1. The quantitative estimate of drug-likeness (QED) is 0.828. The SMILES string of the molecule is CCSC(C(C)C)N(C)C(=O)Nc1ccccc1F. The molecule has 0 aromatic heterocycles. The summed E-state index contributed by atoms with van der Waals surface area (Å²) in [4.78, 5) is 13.8. The number of amides is 2. The van der Waals surface area contributed by atoms with Gasteiger partial charge in [0.1, 0.15) is 5.82 Å². The van der Waals surface area contributed by atoms with Crippen LogP contribution in [0.25, 0.3) is 0 Å². The van der Waals surface area contributed by atoms with Gasteiger partial charge >= 0.3 is 6.03 Å². The lowest BCUT2D eigenvalue weighted by Gasteiger charge is -2.30. The van der Waals surface area contributed by atoms with Gasteiger partial charge in [-0.15, -0.1) is 11.8 Å². The Morgan fingerprint density at radius 3 is 2.58 bits per heavy atom. The van der Waals surface area contributed by atoms with Gasteiger partial charge in [-0.3, -0.25) is 0 Å². The standard InChI is InChI=1S/C14H21FN2OS/c1-5-19-13(10(2)3)17(4)14(18)16-12-9-7-6-8-11(12)15/h6-10,13H,5H2,1-4H3,(H,16,18). The zero-order valence-corrected chi connectivity index (χ0v) is 12.6. The van der Waals surface area contributed by atoms with Crippen LogP contribution in [-0.2, 0) is 0 Å². The summed E-state index contributed by atoms with van der Waals surface area (Å²) in [5.74, 6) is 0.843. The second kappa shape index (κ2) is 7.38. The Bertz CT molecular complexity index is 426. The van der Waals surface area contributed by atoms with E-state index in [1.54, 1.807) is 41.9 Å². The molecule has 1 atom stereocenters. The van der Waals surface area contributed by atoms with Crippen molar-refractivity contribution in [3.63, 3.8) is 0 Å². The number of thioether (sulfide) groups is 1. The highest BCUT2D eigenvalue weighted by atomic mass is 32.2. The normalized spacial score (nSPS) is 12.3. The highest BCUT2D eigenvalue weighted by molar-refractivity contribution is 7.99. The summed E-state index contributed by atoms with van der Waals surface area (Å²) in [5.41, 5.74) is 0.211. The Kier molecular flexibility index (Phi) is 6.15. The lowest BCUT2D eigenvalue weighted by Crippen LogP contribution is -2.41. The van der Waals surface area contributed by atoms with Crippen molar-refractivity contribution in [1.82, 2.24) is 4.90 Å². The van der Waals surface area contributed by atoms with Crippen LogP contribution in [0.3, 0.4) is 0 Å². The van der Waals surface area contributed by atoms with Crippen LogP contribution in [0.2, 0.25) is 0 Å². The van der Waals surface area contributed by atoms with Crippen LogP contribution in [-0.4, -0.2) is 29.1 Å². The van der Waals surface area contributed by atoms with E-state index in [9.17, 15) is 9.18 Å². The third-order valence-corrected chi connectivity index (χ3v) is 4.26. The predicted molar refractivity (Wildman–Crippen MR) is 79.9 cm³/mol. The molecule has 1 aromatic rings. The predicted octanol–water partition coefficient (Wildman–Crippen LogP) is 4.02. The molecular weight excluding hydrogens is 263 g/mol. The molecule has 0 saturated heterocycles. The van der Waals surface area contributed by atoms with Gasteiger partial charge in [0.25, 0.3) is 0 Å². The minimum absolute atomic E-state index is 0.0803. The summed E-state index contributed by atoms with van der Waals surface area (Å²) in [6.45, 7) is 6.20. The molecule has 1 N–H and O–H groups in total. The lowest BCUT2D eigenvalue weighted by atomic mass is 10.2. The smallest absolute Gasteiger partial charge is 0.315 e. The molecule has 19 heavy (non-hydrogen) atoms. The van der Waals surface area contributed by atoms with E-state index in [1.807, 2.05) is 0 Å². The number of hydrogen-bond acceptors (Lipinski definition) is 2. The maximum absolute atomic E-state index is 13.5. The maximum atomic E-state index is 13.5. The molecule has 0 bridgehead atoms. The van der Waals surface area contributed by atoms with Crippen molar-refractivity contribution < 1.29 is 9.18 Å². The third-order valence-electron chi connectivity index (χ3n) is 2.73. The highest BCUT2D eigenvalue weighted by Gasteiger charge is 2.23. The summed E-state index contributed by atoms with van der Waals surface area (Å²) < 4.78 is 13.5. The molecule has 1 unspecified atom stereocenters. The fraction of sp³-hybridized carbons (Fsp3) is 0.500. The van der Waals surface area contributed by atoms with E-state index in [0.29, 0.717) is 5.92 Å². The third kappa shape index (κ3) is 4.42. The number of anilines is 1. The molecule has 1 aromatic carbocycles. The number of para-hydroxylation sites is 1. The number of carbonyl (C=O) groups excluding carboxylic acids is 1. The number of nitrogens with one attached hydrogen (secondary N) is 1. The summed E-state index contributed by atoms with van der Waals surface area (Å²) in [6.07, 6.45) is 0. The first-order valence-electron chi connectivity index (χ1n) is 6.37. The van der Waals surface area contributed by atoms with Gasteiger partial charge in [-0.25, -0.2) is 9.18 Å². The largest absolute Gasteiger partial charge is 0.322 e. The van der Waals surface area contributed by atoms with E-state index < -0.39 is 5.82 Å². The first kappa shape index (κ1) is 15.8. The number of nitrogens with zero attached hydrogens (tertiary/aromatic N) is 1. The number of benzene rings is 1. The first-order valence-corrected chi connectivity index (χ1v) is 7.42. The van der Waals surface area contributed by atoms with E-state index in [2.05, 4.69) is 26.1 Å². The minimum Gasteiger partial charge on any atom is -0.315 e. The van der Waals surface area contributed by atoms with Crippen LogP contribution in [0, 0.1) is 11.7 Å². The molecule has 3 nitrogen and oxygen atoms in total. The zero-order valence-electron chi connectivity index (χ0n) is 11.8. The number of hydrogen-bond donors (Lipinski definition) is 1. The van der Waals surface area contributed by atoms with Crippen LogP contribution < -0.4 is 5.32 Å². The Hall–Kier alpha value is -1.23. The van der Waals surface area contributed by atoms with E-state index in [1.165, 1.54) is 6.07 Å². The van der Waals surface area contributed by atoms with Crippen molar-refractivity contribution in [2.24, 2.45) is 5.92 Å². The molecule has 0 heterocycles. The van der Waals surface area contributed by atoms with E-state index in [4.69, 9.17) is 0 Å². The van der Waals surface area contributed by atoms with Crippen molar-refractivity contribution in [3.05, 3.63) is 30.1 Å². The van der Waals surface area contributed by atoms with E-state index in [0.717, 1.165) is 5.75 Å². The molecule has 5 heteroatoms. The van der Waals surface area contributed by atoms with Crippen LogP contribution in [0.15, 0.2) is 24.3 Å². The Balaban J connectivity index is 2.74. The van der Waals surface area contributed by atoms with Crippen LogP contribution in [0.1, 0.15) is 20.8 Å². The average molecular weight is 284 g/mol. The van der Waals surface area contributed by atoms with Crippen LogP contribution in [0.5, 0.6) is 0 Å². The average Bonchev–Trinajstić information content (AvgIpc) is 2.37. The molecule has 106 valence electrons. The van der Waals surface area contributed by atoms with E-state index >= 15 is 0 Å². The Morgan fingerprint density at radius 1 is 1.42 bits per heavy atom. The molecule has 1 rings (SSSR count). The Morgan fingerprint density at radius 2 is 2.05 bits per heavy atom. The van der Waals surface area contributed by atoms with Gasteiger partial charge in [0, 0.05) is 7.05 Å². The molecule has 2 amide bonds. The summed E-state index contributed by atoms with van der Waals surface area (Å²) in [5, 5.41) is 2.68. The van der Waals surface area contributed by atoms with Crippen molar-refractivity contribution in [3.8, 4) is 0 Å².